The van der Waals surface area contributed by atoms with Gasteiger partial charge in [0.25, 0.3) is 5.91 Å². The molecule has 26 heavy (non-hydrogen) atoms. The molecule has 0 aliphatic rings. The van der Waals surface area contributed by atoms with Crippen molar-refractivity contribution in [2.45, 2.75) is 29.7 Å². The van der Waals surface area contributed by atoms with Crippen molar-refractivity contribution >= 4 is 33.4 Å². The maximum absolute atomic E-state index is 12.5. The number of hydrogen-bond donors (Lipinski definition) is 2. The summed E-state index contributed by atoms with van der Waals surface area (Å²) in [4.78, 5) is 13.6. The predicted molar refractivity (Wildman–Crippen MR) is 105 cm³/mol. The average molecular weight is 395 g/mol. The van der Waals surface area contributed by atoms with E-state index in [1.54, 1.807) is 49.9 Å². The van der Waals surface area contributed by atoms with E-state index < -0.39 is 10.0 Å². The highest BCUT2D eigenvalue weighted by molar-refractivity contribution is 7.98. The standard InChI is InChI=1S/C18H22N2O4S2/c1-12(2)20-26(22,23)15-8-5-13(6-9-15)19-18(21)16-10-7-14(25-4)11-17(16)24-3/h5-12,20H,1-4H3,(H,19,21). The zero-order valence-electron chi connectivity index (χ0n) is 15.1. The Morgan fingerprint density at radius 3 is 2.31 bits per heavy atom. The number of rotatable bonds is 7. The second-order valence-electron chi connectivity index (χ2n) is 5.82. The van der Waals surface area contributed by atoms with Crippen LogP contribution in [0.2, 0.25) is 0 Å². The van der Waals surface area contributed by atoms with Crippen molar-refractivity contribution in [1.29, 1.82) is 0 Å². The quantitative estimate of drug-likeness (QED) is 0.704. The van der Waals surface area contributed by atoms with Crippen LogP contribution >= 0.6 is 11.8 Å². The van der Waals surface area contributed by atoms with Crippen molar-refractivity contribution in [2.75, 3.05) is 18.7 Å². The lowest BCUT2D eigenvalue weighted by atomic mass is 10.2. The van der Waals surface area contributed by atoms with Gasteiger partial charge in [0.2, 0.25) is 10.0 Å². The van der Waals surface area contributed by atoms with E-state index in [1.807, 2.05) is 12.3 Å². The molecule has 1 amide bonds. The average Bonchev–Trinajstić information content (AvgIpc) is 2.60. The van der Waals surface area contributed by atoms with Gasteiger partial charge in [-0.1, -0.05) is 0 Å². The molecule has 0 unspecified atom stereocenters. The van der Waals surface area contributed by atoms with Gasteiger partial charge in [-0.3, -0.25) is 4.79 Å². The van der Waals surface area contributed by atoms with E-state index in [2.05, 4.69) is 10.0 Å². The summed E-state index contributed by atoms with van der Waals surface area (Å²) >= 11 is 1.56. The Balaban J connectivity index is 2.18. The normalized spacial score (nSPS) is 11.4. The van der Waals surface area contributed by atoms with Crippen LogP contribution < -0.4 is 14.8 Å². The van der Waals surface area contributed by atoms with Crippen LogP contribution in [0.1, 0.15) is 24.2 Å². The summed E-state index contributed by atoms with van der Waals surface area (Å²) < 4.78 is 32.0. The second kappa shape index (κ2) is 8.57. The zero-order chi connectivity index (χ0) is 19.3. The molecule has 0 radical (unpaired) electrons. The maximum Gasteiger partial charge on any atom is 0.259 e. The fraction of sp³-hybridized carbons (Fsp3) is 0.278. The zero-order valence-corrected chi connectivity index (χ0v) is 16.7. The van der Waals surface area contributed by atoms with Gasteiger partial charge in [0, 0.05) is 16.6 Å². The number of nitrogens with one attached hydrogen (secondary N) is 2. The molecule has 0 spiro atoms. The van der Waals surface area contributed by atoms with Crippen molar-refractivity contribution in [3.8, 4) is 5.75 Å². The molecule has 0 aromatic heterocycles. The van der Waals surface area contributed by atoms with E-state index in [4.69, 9.17) is 4.74 Å². The lowest BCUT2D eigenvalue weighted by molar-refractivity contribution is 0.102. The molecule has 0 heterocycles. The maximum atomic E-state index is 12.5. The van der Waals surface area contributed by atoms with Gasteiger partial charge in [0.15, 0.2) is 0 Å². The molecule has 2 aromatic rings. The minimum Gasteiger partial charge on any atom is -0.496 e. The minimum atomic E-state index is -3.56. The first-order chi connectivity index (χ1) is 12.3. The van der Waals surface area contributed by atoms with Crippen LogP contribution in [0.5, 0.6) is 5.75 Å². The summed E-state index contributed by atoms with van der Waals surface area (Å²) in [5.74, 6) is 0.153. The van der Waals surface area contributed by atoms with Crippen LogP contribution in [0.3, 0.4) is 0 Å². The highest BCUT2D eigenvalue weighted by atomic mass is 32.2. The molecule has 0 saturated carbocycles. The second-order valence-corrected chi connectivity index (χ2v) is 8.41. The Morgan fingerprint density at radius 2 is 1.77 bits per heavy atom. The van der Waals surface area contributed by atoms with E-state index in [9.17, 15) is 13.2 Å². The Bertz CT molecular complexity index is 879. The Kier molecular flexibility index (Phi) is 6.69. The highest BCUT2D eigenvalue weighted by Crippen LogP contribution is 2.26. The smallest absolute Gasteiger partial charge is 0.259 e. The molecular formula is C18H22N2O4S2. The number of anilines is 1. The van der Waals surface area contributed by atoms with Crippen molar-refractivity contribution < 1.29 is 17.9 Å². The minimum absolute atomic E-state index is 0.145. The summed E-state index contributed by atoms with van der Waals surface area (Å²) in [6, 6.07) is 11.2. The van der Waals surface area contributed by atoms with E-state index in [0.717, 1.165) is 4.90 Å². The van der Waals surface area contributed by atoms with Gasteiger partial charge >= 0.3 is 0 Å². The van der Waals surface area contributed by atoms with Gasteiger partial charge in [-0.2, -0.15) is 0 Å². The molecule has 2 N–H and O–H groups in total. The Labute approximate surface area is 158 Å². The fourth-order valence-electron chi connectivity index (χ4n) is 2.28. The summed E-state index contributed by atoms with van der Waals surface area (Å²) in [5, 5.41) is 2.75. The largest absolute Gasteiger partial charge is 0.496 e. The van der Waals surface area contributed by atoms with Crippen LogP contribution in [0, 0.1) is 0 Å². The summed E-state index contributed by atoms with van der Waals surface area (Å²) in [7, 11) is -2.05. The lowest BCUT2D eigenvalue weighted by Gasteiger charge is -2.12. The monoisotopic (exact) mass is 394 g/mol. The highest BCUT2D eigenvalue weighted by Gasteiger charge is 2.16. The molecule has 6 nitrogen and oxygen atoms in total. The number of amides is 1. The number of ether oxygens (including phenoxy) is 1. The molecule has 0 aliphatic heterocycles. The third-order valence-electron chi connectivity index (χ3n) is 3.47. The first-order valence-corrected chi connectivity index (χ1v) is 10.6. The van der Waals surface area contributed by atoms with Crippen molar-refractivity contribution in [2.24, 2.45) is 0 Å². The molecule has 0 fully saturated rings. The van der Waals surface area contributed by atoms with Gasteiger partial charge in [0.1, 0.15) is 5.75 Å². The number of benzene rings is 2. The molecule has 8 heteroatoms. The van der Waals surface area contributed by atoms with E-state index in [0.29, 0.717) is 17.0 Å². The number of carbonyl (C=O) groups is 1. The van der Waals surface area contributed by atoms with Crippen LogP contribution in [-0.4, -0.2) is 33.7 Å². The third-order valence-corrected chi connectivity index (χ3v) is 5.87. The van der Waals surface area contributed by atoms with Gasteiger partial charge in [-0.25, -0.2) is 13.1 Å². The number of sulfonamides is 1. The lowest BCUT2D eigenvalue weighted by Crippen LogP contribution is -2.30. The first-order valence-electron chi connectivity index (χ1n) is 7.92. The number of carbonyl (C=O) groups excluding carboxylic acids is 1. The van der Waals surface area contributed by atoms with Crippen LogP contribution in [0.25, 0.3) is 0 Å². The molecule has 2 aromatic carbocycles. The topological polar surface area (TPSA) is 84.5 Å². The van der Waals surface area contributed by atoms with Crippen LogP contribution in [0.15, 0.2) is 52.3 Å². The van der Waals surface area contributed by atoms with Crippen molar-refractivity contribution in [3.05, 3.63) is 48.0 Å². The molecule has 0 bridgehead atoms. The molecule has 0 aliphatic carbocycles. The van der Waals surface area contributed by atoms with E-state index >= 15 is 0 Å². The van der Waals surface area contributed by atoms with Crippen LogP contribution in [0.4, 0.5) is 5.69 Å². The molecule has 0 saturated heterocycles. The van der Waals surface area contributed by atoms with Crippen molar-refractivity contribution in [1.82, 2.24) is 4.72 Å². The summed E-state index contributed by atoms with van der Waals surface area (Å²) in [6.07, 6.45) is 1.94. The molecule has 0 atom stereocenters. The first kappa shape index (κ1) is 20.3. The number of thioether (sulfide) groups is 1. The molecule has 2 rings (SSSR count). The Hall–Kier alpha value is -2.03. The van der Waals surface area contributed by atoms with Gasteiger partial charge < -0.3 is 10.1 Å². The molecule has 140 valence electrons. The van der Waals surface area contributed by atoms with Gasteiger partial charge in [-0.05, 0) is 62.6 Å². The summed E-state index contributed by atoms with van der Waals surface area (Å²) in [6.45, 7) is 3.50. The van der Waals surface area contributed by atoms with E-state index in [1.165, 1.54) is 19.2 Å². The fourth-order valence-corrected chi connectivity index (χ4v) is 3.96. The molecular weight excluding hydrogens is 372 g/mol. The SMILES string of the molecule is COc1cc(SC)ccc1C(=O)Nc1ccc(S(=O)(=O)NC(C)C)cc1. The summed E-state index contributed by atoms with van der Waals surface area (Å²) in [5.41, 5.74) is 0.901. The number of methoxy groups -OCH3 is 1. The van der Waals surface area contributed by atoms with Crippen LogP contribution in [-0.2, 0) is 10.0 Å². The van der Waals surface area contributed by atoms with Crippen molar-refractivity contribution in [3.63, 3.8) is 0 Å². The third kappa shape index (κ3) is 5.00. The number of hydrogen-bond acceptors (Lipinski definition) is 5. The predicted octanol–water partition coefficient (Wildman–Crippen LogP) is 3.36. The Morgan fingerprint density at radius 1 is 1.12 bits per heavy atom. The van der Waals surface area contributed by atoms with E-state index in [-0.39, 0.29) is 16.8 Å². The van der Waals surface area contributed by atoms with Gasteiger partial charge in [-0.15, -0.1) is 11.8 Å². The van der Waals surface area contributed by atoms with Gasteiger partial charge in [0.05, 0.1) is 17.6 Å².